The maximum Gasteiger partial charge on any atom is 0.405 e. The Kier molecular flexibility index (Phi) is 3.89. The number of hydrogen-bond donors (Lipinski definition) is 2. The summed E-state index contributed by atoms with van der Waals surface area (Å²) in [7, 11) is 0. The summed E-state index contributed by atoms with van der Waals surface area (Å²) in [5, 5.41) is 11.4. The molecule has 0 aliphatic heterocycles. The Balaban J connectivity index is 3.16. The zero-order chi connectivity index (χ0) is 12.0. The predicted octanol–water partition coefficient (Wildman–Crippen LogP) is 2.91. The molecule has 2 N–H and O–H groups in total. The maximum absolute atomic E-state index is 10.8. The SMILES string of the molecule is C=CCC(C=C)(NC(=O)O)c1ccccc1. The van der Waals surface area contributed by atoms with E-state index in [1.54, 1.807) is 12.2 Å². The van der Waals surface area contributed by atoms with Crippen LogP contribution in [-0.4, -0.2) is 11.2 Å². The minimum atomic E-state index is -1.08. The monoisotopic (exact) mass is 217 g/mol. The van der Waals surface area contributed by atoms with Crippen molar-refractivity contribution in [1.29, 1.82) is 0 Å². The summed E-state index contributed by atoms with van der Waals surface area (Å²) in [6, 6.07) is 9.33. The maximum atomic E-state index is 10.8. The molecule has 1 aromatic rings. The number of amides is 1. The lowest BCUT2D eigenvalue weighted by atomic mass is 9.87. The average Bonchev–Trinajstić information content (AvgIpc) is 2.29. The van der Waals surface area contributed by atoms with Gasteiger partial charge in [0, 0.05) is 0 Å². The third-order valence-electron chi connectivity index (χ3n) is 2.43. The number of hydrogen-bond acceptors (Lipinski definition) is 1. The molecule has 1 aromatic carbocycles. The molecular weight excluding hydrogens is 202 g/mol. The smallest absolute Gasteiger partial charge is 0.405 e. The van der Waals surface area contributed by atoms with Gasteiger partial charge >= 0.3 is 6.09 Å². The van der Waals surface area contributed by atoms with E-state index >= 15 is 0 Å². The summed E-state index contributed by atoms with van der Waals surface area (Å²) in [5.41, 5.74) is 0.0572. The highest BCUT2D eigenvalue weighted by Gasteiger charge is 2.28. The fourth-order valence-corrected chi connectivity index (χ4v) is 1.65. The molecule has 0 saturated carbocycles. The normalized spacial score (nSPS) is 13.5. The molecule has 3 heteroatoms. The van der Waals surface area contributed by atoms with Crippen molar-refractivity contribution >= 4 is 6.09 Å². The van der Waals surface area contributed by atoms with E-state index in [9.17, 15) is 4.79 Å². The van der Waals surface area contributed by atoms with E-state index in [2.05, 4.69) is 18.5 Å². The first kappa shape index (κ1) is 12.0. The van der Waals surface area contributed by atoms with Crippen LogP contribution in [-0.2, 0) is 5.54 Å². The van der Waals surface area contributed by atoms with Crippen molar-refractivity contribution in [2.75, 3.05) is 0 Å². The van der Waals surface area contributed by atoms with Crippen LogP contribution in [0.25, 0.3) is 0 Å². The Labute approximate surface area is 95.1 Å². The molecule has 0 spiro atoms. The Bertz CT molecular complexity index is 386. The van der Waals surface area contributed by atoms with Crippen molar-refractivity contribution in [2.45, 2.75) is 12.0 Å². The number of carboxylic acid groups (broad SMARTS) is 1. The van der Waals surface area contributed by atoms with Crippen LogP contribution in [0.3, 0.4) is 0 Å². The van der Waals surface area contributed by atoms with Gasteiger partial charge in [-0.3, -0.25) is 0 Å². The molecule has 0 heterocycles. The Morgan fingerprint density at radius 3 is 2.44 bits per heavy atom. The Hall–Kier alpha value is -2.03. The quantitative estimate of drug-likeness (QED) is 0.745. The van der Waals surface area contributed by atoms with E-state index < -0.39 is 11.6 Å². The average molecular weight is 217 g/mol. The molecule has 16 heavy (non-hydrogen) atoms. The first-order valence-electron chi connectivity index (χ1n) is 4.96. The zero-order valence-electron chi connectivity index (χ0n) is 9.02. The summed E-state index contributed by atoms with van der Waals surface area (Å²) < 4.78 is 0. The van der Waals surface area contributed by atoms with Gasteiger partial charge in [-0.05, 0) is 12.0 Å². The molecule has 0 radical (unpaired) electrons. The van der Waals surface area contributed by atoms with Crippen LogP contribution in [0.5, 0.6) is 0 Å². The second kappa shape index (κ2) is 5.16. The highest BCUT2D eigenvalue weighted by Crippen LogP contribution is 2.26. The van der Waals surface area contributed by atoms with Crippen LogP contribution < -0.4 is 5.32 Å². The topological polar surface area (TPSA) is 49.3 Å². The van der Waals surface area contributed by atoms with Crippen LogP contribution in [0.2, 0.25) is 0 Å². The predicted molar refractivity (Wildman–Crippen MR) is 64.3 cm³/mol. The number of nitrogens with one attached hydrogen (secondary N) is 1. The fraction of sp³-hybridized carbons (Fsp3) is 0.154. The minimum Gasteiger partial charge on any atom is -0.465 e. The molecule has 1 amide bonds. The summed E-state index contributed by atoms with van der Waals surface area (Å²) in [6.07, 6.45) is 2.65. The highest BCUT2D eigenvalue weighted by atomic mass is 16.4. The van der Waals surface area contributed by atoms with E-state index in [0.717, 1.165) is 5.56 Å². The molecule has 0 fully saturated rings. The van der Waals surface area contributed by atoms with E-state index in [1.807, 2.05) is 30.3 Å². The summed E-state index contributed by atoms with van der Waals surface area (Å²) in [5.74, 6) is 0. The molecule has 0 aliphatic carbocycles. The van der Waals surface area contributed by atoms with Crippen molar-refractivity contribution in [3.05, 3.63) is 61.2 Å². The van der Waals surface area contributed by atoms with E-state index in [-0.39, 0.29) is 0 Å². The van der Waals surface area contributed by atoms with Gasteiger partial charge in [0.15, 0.2) is 0 Å². The lowest BCUT2D eigenvalue weighted by Gasteiger charge is -2.29. The largest absolute Gasteiger partial charge is 0.465 e. The van der Waals surface area contributed by atoms with Crippen LogP contribution in [0, 0.1) is 0 Å². The first-order chi connectivity index (χ1) is 7.64. The van der Waals surface area contributed by atoms with Crippen molar-refractivity contribution in [2.24, 2.45) is 0 Å². The third kappa shape index (κ3) is 2.51. The van der Waals surface area contributed by atoms with Crippen LogP contribution in [0.4, 0.5) is 4.79 Å². The molecule has 3 nitrogen and oxygen atoms in total. The summed E-state index contributed by atoms with van der Waals surface area (Å²) >= 11 is 0. The molecule has 0 saturated heterocycles. The van der Waals surface area contributed by atoms with Gasteiger partial charge in [-0.1, -0.05) is 42.5 Å². The second-order valence-corrected chi connectivity index (χ2v) is 3.46. The van der Waals surface area contributed by atoms with Gasteiger partial charge in [-0.15, -0.1) is 13.2 Å². The molecule has 84 valence electrons. The van der Waals surface area contributed by atoms with Crippen LogP contribution >= 0.6 is 0 Å². The highest BCUT2D eigenvalue weighted by molar-refractivity contribution is 5.67. The summed E-state index contributed by atoms with van der Waals surface area (Å²) in [4.78, 5) is 10.8. The first-order valence-corrected chi connectivity index (χ1v) is 4.96. The minimum absolute atomic E-state index is 0.465. The number of rotatable bonds is 5. The van der Waals surface area contributed by atoms with E-state index in [4.69, 9.17) is 5.11 Å². The molecular formula is C13H15NO2. The van der Waals surface area contributed by atoms with Crippen LogP contribution in [0.1, 0.15) is 12.0 Å². The molecule has 0 aromatic heterocycles. The van der Waals surface area contributed by atoms with Gasteiger partial charge in [-0.25, -0.2) is 4.79 Å². The molecule has 1 unspecified atom stereocenters. The molecule has 1 rings (SSSR count). The summed E-state index contributed by atoms with van der Waals surface area (Å²) in [6.45, 7) is 7.35. The number of carbonyl (C=O) groups is 1. The second-order valence-electron chi connectivity index (χ2n) is 3.46. The van der Waals surface area contributed by atoms with Crippen molar-refractivity contribution in [3.63, 3.8) is 0 Å². The van der Waals surface area contributed by atoms with E-state index in [0.29, 0.717) is 6.42 Å². The van der Waals surface area contributed by atoms with Crippen molar-refractivity contribution in [1.82, 2.24) is 5.32 Å². The Morgan fingerprint density at radius 1 is 1.38 bits per heavy atom. The van der Waals surface area contributed by atoms with E-state index in [1.165, 1.54) is 0 Å². The van der Waals surface area contributed by atoms with Gasteiger partial charge in [0.05, 0.1) is 5.54 Å². The van der Waals surface area contributed by atoms with Gasteiger partial charge in [-0.2, -0.15) is 0 Å². The molecule has 0 aliphatic rings. The third-order valence-corrected chi connectivity index (χ3v) is 2.43. The lowest BCUT2D eigenvalue weighted by molar-refractivity contribution is 0.183. The van der Waals surface area contributed by atoms with Crippen molar-refractivity contribution in [3.8, 4) is 0 Å². The van der Waals surface area contributed by atoms with Gasteiger partial charge in [0.1, 0.15) is 0 Å². The fourth-order valence-electron chi connectivity index (χ4n) is 1.65. The lowest BCUT2D eigenvalue weighted by Crippen LogP contribution is -2.43. The standard InChI is InChI=1S/C13H15NO2/c1-3-10-13(4-2,14-12(15)16)11-8-6-5-7-9-11/h3-9,14H,1-2,10H2,(H,15,16). The zero-order valence-corrected chi connectivity index (χ0v) is 9.02. The number of benzene rings is 1. The van der Waals surface area contributed by atoms with Gasteiger partial charge in [0.2, 0.25) is 0 Å². The van der Waals surface area contributed by atoms with Gasteiger partial charge < -0.3 is 10.4 Å². The van der Waals surface area contributed by atoms with Gasteiger partial charge in [0.25, 0.3) is 0 Å². The van der Waals surface area contributed by atoms with Crippen LogP contribution in [0.15, 0.2) is 55.6 Å². The van der Waals surface area contributed by atoms with Crippen molar-refractivity contribution < 1.29 is 9.90 Å². The molecule has 0 bridgehead atoms. The Morgan fingerprint density at radius 2 is 2.00 bits per heavy atom. The molecule has 1 atom stereocenters.